The Morgan fingerprint density at radius 1 is 1.05 bits per heavy atom. The fraction of sp³-hybridized carbons (Fsp3) is 0.235. The molecular weight excluding hydrogens is 272 g/mol. The summed E-state index contributed by atoms with van der Waals surface area (Å²) in [6, 6.07) is 15.3. The molecule has 0 aromatic heterocycles. The molecule has 0 aliphatic carbocycles. The maximum absolute atomic E-state index is 11.5. The minimum absolute atomic E-state index is 0.448. The fourth-order valence-corrected chi connectivity index (χ4v) is 2.49. The van der Waals surface area contributed by atoms with Gasteiger partial charge in [-0.3, -0.25) is 4.79 Å². The highest BCUT2D eigenvalue weighted by Gasteiger charge is 2.20. The average molecular weight is 289 g/mol. The number of hydrogen-bond acceptors (Lipinski definition) is 1. The van der Waals surface area contributed by atoms with Crippen LogP contribution in [-0.4, -0.2) is 11.1 Å². The van der Waals surface area contributed by atoms with Crippen LogP contribution in [0.15, 0.2) is 48.5 Å². The predicted molar refractivity (Wildman–Crippen MR) is 81.2 cm³/mol. The van der Waals surface area contributed by atoms with Gasteiger partial charge >= 0.3 is 5.97 Å². The quantitative estimate of drug-likeness (QED) is 0.898. The third-order valence-corrected chi connectivity index (χ3v) is 3.87. The maximum atomic E-state index is 11.5. The zero-order chi connectivity index (χ0) is 14.5. The molecule has 0 spiro atoms. The molecule has 1 atom stereocenters. The van der Waals surface area contributed by atoms with Gasteiger partial charge in [-0.1, -0.05) is 54.1 Å². The van der Waals surface area contributed by atoms with Gasteiger partial charge in [0, 0.05) is 5.02 Å². The van der Waals surface area contributed by atoms with E-state index in [9.17, 15) is 9.90 Å². The van der Waals surface area contributed by atoms with Gasteiger partial charge in [-0.15, -0.1) is 0 Å². The van der Waals surface area contributed by atoms with Crippen molar-refractivity contribution in [2.45, 2.75) is 19.8 Å². The molecule has 20 heavy (non-hydrogen) atoms. The zero-order valence-corrected chi connectivity index (χ0v) is 12.1. The molecule has 2 aromatic rings. The number of carbonyl (C=O) groups is 1. The van der Waals surface area contributed by atoms with Gasteiger partial charge in [0.2, 0.25) is 0 Å². The normalized spacial score (nSPS) is 12.1. The summed E-state index contributed by atoms with van der Waals surface area (Å²) in [6.45, 7) is 2.00. The Labute approximate surface area is 124 Å². The Morgan fingerprint density at radius 2 is 1.60 bits per heavy atom. The molecule has 1 unspecified atom stereocenters. The molecule has 0 radical (unpaired) electrons. The standard InChI is InChI=1S/C17H17ClO2/c1-12-6-2-3-7-13(12)10-15(17(19)20)11-14-8-4-5-9-16(14)18/h2-9,15H,10-11H2,1H3,(H,19,20). The van der Waals surface area contributed by atoms with Gasteiger partial charge in [-0.2, -0.15) is 0 Å². The molecule has 2 aromatic carbocycles. The second-order valence-electron chi connectivity index (χ2n) is 4.96. The van der Waals surface area contributed by atoms with E-state index in [0.717, 1.165) is 16.7 Å². The van der Waals surface area contributed by atoms with Crippen LogP contribution in [0.1, 0.15) is 16.7 Å². The fourth-order valence-electron chi connectivity index (χ4n) is 2.28. The van der Waals surface area contributed by atoms with E-state index in [4.69, 9.17) is 11.6 Å². The van der Waals surface area contributed by atoms with Crippen molar-refractivity contribution < 1.29 is 9.90 Å². The molecule has 2 nitrogen and oxygen atoms in total. The molecule has 2 rings (SSSR count). The van der Waals surface area contributed by atoms with E-state index in [0.29, 0.717) is 17.9 Å². The predicted octanol–water partition coefficient (Wildman–Crippen LogP) is 4.13. The molecule has 0 amide bonds. The summed E-state index contributed by atoms with van der Waals surface area (Å²) in [5.41, 5.74) is 3.08. The number of carboxylic acid groups (broad SMARTS) is 1. The van der Waals surface area contributed by atoms with Crippen LogP contribution < -0.4 is 0 Å². The maximum Gasteiger partial charge on any atom is 0.307 e. The Hall–Kier alpha value is -1.80. The molecule has 0 bridgehead atoms. The average Bonchev–Trinajstić information content (AvgIpc) is 2.42. The van der Waals surface area contributed by atoms with E-state index in [-0.39, 0.29) is 0 Å². The Bertz CT molecular complexity index is 560. The molecule has 104 valence electrons. The highest BCUT2D eigenvalue weighted by atomic mass is 35.5. The van der Waals surface area contributed by atoms with Crippen molar-refractivity contribution in [1.29, 1.82) is 0 Å². The first kappa shape index (κ1) is 14.6. The lowest BCUT2D eigenvalue weighted by Crippen LogP contribution is -2.19. The van der Waals surface area contributed by atoms with Crippen LogP contribution in [0, 0.1) is 12.8 Å². The molecule has 0 fully saturated rings. The Balaban J connectivity index is 2.19. The molecule has 0 aliphatic rings. The lowest BCUT2D eigenvalue weighted by molar-refractivity contribution is -0.141. The second-order valence-corrected chi connectivity index (χ2v) is 5.37. The molecule has 0 heterocycles. The topological polar surface area (TPSA) is 37.3 Å². The first-order valence-electron chi connectivity index (χ1n) is 6.58. The van der Waals surface area contributed by atoms with E-state index < -0.39 is 11.9 Å². The summed E-state index contributed by atoms with van der Waals surface area (Å²) in [5, 5.41) is 10.1. The van der Waals surface area contributed by atoms with Crippen molar-refractivity contribution >= 4 is 17.6 Å². The van der Waals surface area contributed by atoms with Crippen molar-refractivity contribution in [2.24, 2.45) is 5.92 Å². The van der Waals surface area contributed by atoms with Gasteiger partial charge in [0.1, 0.15) is 0 Å². The van der Waals surface area contributed by atoms with Crippen molar-refractivity contribution in [1.82, 2.24) is 0 Å². The second kappa shape index (κ2) is 6.58. The lowest BCUT2D eigenvalue weighted by atomic mass is 9.91. The minimum atomic E-state index is -0.784. The Kier molecular flexibility index (Phi) is 4.80. The van der Waals surface area contributed by atoms with Crippen LogP contribution in [0.4, 0.5) is 0 Å². The third kappa shape index (κ3) is 3.61. The number of rotatable bonds is 5. The van der Waals surface area contributed by atoms with E-state index in [2.05, 4.69) is 0 Å². The van der Waals surface area contributed by atoms with Crippen LogP contribution in [0.25, 0.3) is 0 Å². The minimum Gasteiger partial charge on any atom is -0.481 e. The summed E-state index contributed by atoms with van der Waals surface area (Å²) < 4.78 is 0. The first-order valence-corrected chi connectivity index (χ1v) is 6.96. The molecule has 1 N–H and O–H groups in total. The van der Waals surface area contributed by atoms with Gasteiger partial charge in [0.15, 0.2) is 0 Å². The summed E-state index contributed by atoms with van der Waals surface area (Å²) in [6.07, 6.45) is 0.969. The van der Waals surface area contributed by atoms with Crippen molar-refractivity contribution in [3.63, 3.8) is 0 Å². The van der Waals surface area contributed by atoms with Gasteiger partial charge < -0.3 is 5.11 Å². The van der Waals surface area contributed by atoms with Crippen LogP contribution >= 0.6 is 11.6 Å². The van der Waals surface area contributed by atoms with Gasteiger partial charge in [0.25, 0.3) is 0 Å². The molecule has 0 saturated carbocycles. The summed E-state index contributed by atoms with van der Waals surface area (Å²) in [4.78, 5) is 11.5. The number of aliphatic carboxylic acids is 1. The van der Waals surface area contributed by atoms with Crippen LogP contribution in [0.2, 0.25) is 5.02 Å². The first-order chi connectivity index (χ1) is 9.58. The summed E-state index contributed by atoms with van der Waals surface area (Å²) in [7, 11) is 0. The SMILES string of the molecule is Cc1ccccc1CC(Cc1ccccc1Cl)C(=O)O. The van der Waals surface area contributed by atoms with Crippen LogP contribution in [0.3, 0.4) is 0 Å². The number of aryl methyl sites for hydroxylation is 1. The highest BCUT2D eigenvalue weighted by Crippen LogP contribution is 2.22. The number of benzene rings is 2. The Morgan fingerprint density at radius 3 is 2.20 bits per heavy atom. The van der Waals surface area contributed by atoms with Crippen molar-refractivity contribution in [3.8, 4) is 0 Å². The molecular formula is C17H17ClO2. The number of carboxylic acids is 1. The smallest absolute Gasteiger partial charge is 0.307 e. The van der Waals surface area contributed by atoms with Gasteiger partial charge in [-0.05, 0) is 42.5 Å². The summed E-state index contributed by atoms with van der Waals surface area (Å²) in [5.74, 6) is -1.25. The van der Waals surface area contributed by atoms with Gasteiger partial charge in [0.05, 0.1) is 5.92 Å². The highest BCUT2D eigenvalue weighted by molar-refractivity contribution is 6.31. The van der Waals surface area contributed by atoms with Crippen molar-refractivity contribution in [2.75, 3.05) is 0 Å². The lowest BCUT2D eigenvalue weighted by Gasteiger charge is -2.15. The molecule has 3 heteroatoms. The molecule has 0 aliphatic heterocycles. The van der Waals surface area contributed by atoms with Crippen LogP contribution in [0.5, 0.6) is 0 Å². The summed E-state index contributed by atoms with van der Waals surface area (Å²) >= 11 is 6.11. The van der Waals surface area contributed by atoms with Crippen molar-refractivity contribution in [3.05, 3.63) is 70.2 Å². The largest absolute Gasteiger partial charge is 0.481 e. The van der Waals surface area contributed by atoms with E-state index in [1.807, 2.05) is 49.4 Å². The van der Waals surface area contributed by atoms with E-state index in [1.54, 1.807) is 6.07 Å². The van der Waals surface area contributed by atoms with E-state index >= 15 is 0 Å². The third-order valence-electron chi connectivity index (χ3n) is 3.50. The van der Waals surface area contributed by atoms with E-state index in [1.165, 1.54) is 0 Å². The zero-order valence-electron chi connectivity index (χ0n) is 11.3. The van der Waals surface area contributed by atoms with Crippen LogP contribution in [-0.2, 0) is 17.6 Å². The van der Waals surface area contributed by atoms with Gasteiger partial charge in [-0.25, -0.2) is 0 Å². The monoisotopic (exact) mass is 288 g/mol. The number of halogens is 1. The number of hydrogen-bond donors (Lipinski definition) is 1. The molecule has 0 saturated heterocycles.